The van der Waals surface area contributed by atoms with Crippen LogP contribution in [0.5, 0.6) is 0 Å². The zero-order valence-electron chi connectivity index (χ0n) is 16.0. The molecule has 7 heteroatoms. The van der Waals surface area contributed by atoms with Crippen LogP contribution in [0, 0.1) is 5.92 Å². The average molecular weight is 396 g/mol. The molecule has 1 fully saturated rings. The molecule has 1 N–H and O–H groups in total. The highest BCUT2D eigenvalue weighted by Crippen LogP contribution is 2.29. The minimum Gasteiger partial charge on any atom is -0.350 e. The van der Waals surface area contributed by atoms with Gasteiger partial charge in [-0.1, -0.05) is 13.0 Å². The second-order valence-corrected chi connectivity index (χ2v) is 8.33. The van der Waals surface area contributed by atoms with Crippen LogP contribution in [0.15, 0.2) is 54.4 Å². The number of aromatic nitrogens is 3. The van der Waals surface area contributed by atoms with Gasteiger partial charge in [0.25, 0.3) is 5.91 Å². The van der Waals surface area contributed by atoms with Crippen LogP contribution in [0.4, 0.5) is 0 Å². The van der Waals surface area contributed by atoms with Crippen LogP contribution in [0.2, 0.25) is 0 Å². The third kappa shape index (κ3) is 4.31. The normalized spacial score (nSPS) is 16.8. The first-order valence-corrected chi connectivity index (χ1v) is 10.6. The van der Waals surface area contributed by atoms with Gasteiger partial charge in [0.05, 0.1) is 11.7 Å². The minimum atomic E-state index is -0.0444. The highest BCUT2D eigenvalue weighted by molar-refractivity contribution is 7.10. The summed E-state index contributed by atoms with van der Waals surface area (Å²) < 4.78 is 1.67. The molecule has 4 rings (SSSR count). The molecule has 1 aliphatic heterocycles. The summed E-state index contributed by atoms with van der Waals surface area (Å²) in [4.78, 5) is 20.5. The Hall–Kier alpha value is -2.51. The number of thiophene rings is 1. The molecule has 1 aliphatic rings. The number of nitrogens with one attached hydrogen (secondary N) is 1. The first-order valence-electron chi connectivity index (χ1n) is 9.71. The summed E-state index contributed by atoms with van der Waals surface area (Å²) in [5.74, 6) is 0.746. The molecule has 1 saturated heterocycles. The lowest BCUT2D eigenvalue weighted by Gasteiger charge is -2.36. The molecular weight excluding hydrogens is 370 g/mol. The van der Waals surface area contributed by atoms with Crippen molar-refractivity contribution in [1.29, 1.82) is 0 Å². The van der Waals surface area contributed by atoms with Gasteiger partial charge in [-0.05, 0) is 67.6 Å². The summed E-state index contributed by atoms with van der Waals surface area (Å²) in [5.41, 5.74) is 1.54. The summed E-state index contributed by atoms with van der Waals surface area (Å²) in [7, 11) is 0. The summed E-state index contributed by atoms with van der Waals surface area (Å²) in [6, 6.07) is 11.9. The molecule has 28 heavy (non-hydrogen) atoms. The average Bonchev–Trinajstić information content (AvgIpc) is 3.44. The Labute approximate surface area is 169 Å². The Bertz CT molecular complexity index is 868. The van der Waals surface area contributed by atoms with E-state index in [0.29, 0.717) is 12.1 Å². The van der Waals surface area contributed by atoms with Crippen molar-refractivity contribution in [2.45, 2.75) is 25.8 Å². The van der Waals surface area contributed by atoms with Gasteiger partial charge in [0, 0.05) is 17.0 Å². The van der Waals surface area contributed by atoms with Crippen LogP contribution >= 0.6 is 11.3 Å². The van der Waals surface area contributed by atoms with Gasteiger partial charge in [-0.15, -0.1) is 11.3 Å². The molecule has 6 nitrogen and oxygen atoms in total. The minimum absolute atomic E-state index is 0.0444. The Balaban J connectivity index is 1.41. The van der Waals surface area contributed by atoms with E-state index >= 15 is 0 Å². The number of likely N-dealkylation sites (tertiary alicyclic amines) is 1. The Morgan fingerprint density at radius 1 is 1.25 bits per heavy atom. The third-order valence-electron chi connectivity index (χ3n) is 5.40. The number of amides is 1. The molecule has 1 amide bonds. The number of carbonyl (C=O) groups excluding carboxylic acids is 1. The Morgan fingerprint density at radius 3 is 2.68 bits per heavy atom. The number of hydrogen-bond donors (Lipinski definition) is 1. The topological polar surface area (TPSA) is 63.1 Å². The number of nitrogens with zero attached hydrogens (tertiary/aromatic N) is 4. The van der Waals surface area contributed by atoms with Gasteiger partial charge in [0.1, 0.15) is 12.7 Å². The lowest BCUT2D eigenvalue weighted by Crippen LogP contribution is -2.41. The number of benzene rings is 1. The molecule has 1 atom stereocenters. The van der Waals surface area contributed by atoms with Crippen molar-refractivity contribution in [2.75, 3.05) is 19.6 Å². The smallest absolute Gasteiger partial charge is 0.251 e. The van der Waals surface area contributed by atoms with E-state index in [1.54, 1.807) is 22.3 Å². The maximum absolute atomic E-state index is 12.7. The number of piperidine rings is 1. The zero-order valence-corrected chi connectivity index (χ0v) is 16.8. The predicted molar refractivity (Wildman–Crippen MR) is 111 cm³/mol. The Kier molecular flexibility index (Phi) is 5.83. The summed E-state index contributed by atoms with van der Waals surface area (Å²) in [6.07, 6.45) is 5.58. The molecule has 0 radical (unpaired) electrons. The highest BCUT2D eigenvalue weighted by atomic mass is 32.1. The van der Waals surface area contributed by atoms with Crippen LogP contribution in [-0.2, 0) is 0 Å². The summed E-state index contributed by atoms with van der Waals surface area (Å²) >= 11 is 1.76. The summed E-state index contributed by atoms with van der Waals surface area (Å²) in [6.45, 7) is 5.12. The first kappa shape index (κ1) is 18.8. The monoisotopic (exact) mass is 395 g/mol. The van der Waals surface area contributed by atoms with E-state index in [-0.39, 0.29) is 11.9 Å². The number of hydrogen-bond acceptors (Lipinski definition) is 5. The van der Waals surface area contributed by atoms with Gasteiger partial charge < -0.3 is 5.32 Å². The van der Waals surface area contributed by atoms with E-state index in [4.69, 9.17) is 0 Å². The van der Waals surface area contributed by atoms with E-state index in [1.807, 2.05) is 24.3 Å². The quantitative estimate of drug-likeness (QED) is 0.694. The van der Waals surface area contributed by atoms with Gasteiger partial charge >= 0.3 is 0 Å². The van der Waals surface area contributed by atoms with E-state index in [2.05, 4.69) is 44.7 Å². The number of carbonyl (C=O) groups is 1. The molecule has 2 aromatic heterocycles. The first-order chi connectivity index (χ1) is 13.7. The molecular formula is C21H25N5OS. The lowest BCUT2D eigenvalue weighted by molar-refractivity contribution is 0.0915. The van der Waals surface area contributed by atoms with Crippen LogP contribution in [0.25, 0.3) is 5.69 Å². The molecule has 0 saturated carbocycles. The second-order valence-electron chi connectivity index (χ2n) is 7.35. The van der Waals surface area contributed by atoms with E-state index < -0.39 is 0 Å². The molecule has 1 aromatic carbocycles. The SMILES string of the molecule is CC1CCN(C(CNC(=O)c2ccc(-n3cncn3)cc2)c2cccs2)CC1. The standard InChI is InChI=1S/C21H25N5OS/c1-16-8-10-25(11-9-16)19(20-3-2-12-28-20)13-23-21(27)17-4-6-18(7-5-17)26-15-22-14-24-26/h2-7,12,14-16,19H,8-11,13H2,1H3,(H,23,27). The van der Waals surface area contributed by atoms with E-state index in [9.17, 15) is 4.79 Å². The van der Waals surface area contributed by atoms with Crippen molar-refractivity contribution < 1.29 is 4.79 Å². The maximum atomic E-state index is 12.7. The molecule has 0 aliphatic carbocycles. The van der Waals surface area contributed by atoms with Crippen LogP contribution in [0.1, 0.15) is 41.0 Å². The van der Waals surface area contributed by atoms with Gasteiger partial charge in [-0.2, -0.15) is 5.10 Å². The Morgan fingerprint density at radius 2 is 2.04 bits per heavy atom. The van der Waals surface area contributed by atoms with Crippen molar-refractivity contribution in [3.8, 4) is 5.69 Å². The fourth-order valence-electron chi connectivity index (χ4n) is 3.63. The van der Waals surface area contributed by atoms with E-state index in [1.165, 1.54) is 24.0 Å². The summed E-state index contributed by atoms with van der Waals surface area (Å²) in [5, 5.41) is 9.36. The lowest BCUT2D eigenvalue weighted by atomic mass is 9.97. The largest absolute Gasteiger partial charge is 0.350 e. The number of rotatable bonds is 6. The van der Waals surface area contributed by atoms with Gasteiger partial charge in [-0.3, -0.25) is 9.69 Å². The highest BCUT2D eigenvalue weighted by Gasteiger charge is 2.25. The van der Waals surface area contributed by atoms with Gasteiger partial charge in [-0.25, -0.2) is 9.67 Å². The maximum Gasteiger partial charge on any atom is 0.251 e. The van der Waals surface area contributed by atoms with Crippen molar-refractivity contribution in [1.82, 2.24) is 25.0 Å². The van der Waals surface area contributed by atoms with Crippen molar-refractivity contribution in [3.63, 3.8) is 0 Å². The van der Waals surface area contributed by atoms with E-state index in [0.717, 1.165) is 24.7 Å². The predicted octanol–water partition coefficient (Wildman–Crippen LogP) is 3.53. The fraction of sp³-hybridized carbons (Fsp3) is 0.381. The molecule has 0 spiro atoms. The molecule has 3 aromatic rings. The zero-order chi connectivity index (χ0) is 19.3. The molecule has 1 unspecified atom stereocenters. The molecule has 3 heterocycles. The van der Waals surface area contributed by atoms with Crippen molar-refractivity contribution >= 4 is 17.2 Å². The van der Waals surface area contributed by atoms with Gasteiger partial charge in [0.2, 0.25) is 0 Å². The second kappa shape index (κ2) is 8.67. The van der Waals surface area contributed by atoms with Crippen molar-refractivity contribution in [2.24, 2.45) is 5.92 Å². The molecule has 146 valence electrons. The van der Waals surface area contributed by atoms with Gasteiger partial charge in [0.15, 0.2) is 0 Å². The van der Waals surface area contributed by atoms with Crippen LogP contribution in [0.3, 0.4) is 0 Å². The third-order valence-corrected chi connectivity index (χ3v) is 6.37. The van der Waals surface area contributed by atoms with Crippen LogP contribution in [-0.4, -0.2) is 45.2 Å². The molecule has 0 bridgehead atoms. The fourth-order valence-corrected chi connectivity index (χ4v) is 4.49. The van der Waals surface area contributed by atoms with Crippen LogP contribution < -0.4 is 5.32 Å². The van der Waals surface area contributed by atoms with Crippen molar-refractivity contribution in [3.05, 3.63) is 64.9 Å².